The van der Waals surface area contributed by atoms with Crippen molar-refractivity contribution >= 4 is 10.0 Å². The zero-order valence-corrected chi connectivity index (χ0v) is 14.1. The van der Waals surface area contributed by atoms with E-state index in [1.54, 1.807) is 6.07 Å². The molecule has 0 bridgehead atoms. The van der Waals surface area contributed by atoms with Crippen LogP contribution in [0.5, 0.6) is 11.5 Å². The minimum absolute atomic E-state index is 0.130. The smallest absolute Gasteiger partial charge is 0.240 e. The zero-order chi connectivity index (χ0) is 16.6. The minimum Gasteiger partial charge on any atom is -0.454 e. The summed E-state index contributed by atoms with van der Waals surface area (Å²) in [7, 11) is -3.55. The Balaban J connectivity index is 1.41. The largest absolute Gasteiger partial charge is 0.454 e. The lowest BCUT2D eigenvalue weighted by Crippen LogP contribution is -2.26. The van der Waals surface area contributed by atoms with E-state index in [4.69, 9.17) is 9.47 Å². The number of fused-ring (bicyclic) bond motifs is 2. The Morgan fingerprint density at radius 2 is 1.79 bits per heavy atom. The number of nitrogens with one attached hydrogen (secondary N) is 1. The van der Waals surface area contributed by atoms with E-state index in [1.807, 2.05) is 0 Å². The van der Waals surface area contributed by atoms with Crippen LogP contribution in [-0.2, 0) is 29.3 Å². The molecule has 24 heavy (non-hydrogen) atoms. The molecule has 0 saturated carbocycles. The monoisotopic (exact) mass is 345 g/mol. The molecule has 1 aliphatic heterocycles. The maximum absolute atomic E-state index is 12.4. The van der Waals surface area contributed by atoms with E-state index in [1.165, 1.54) is 35.2 Å². The van der Waals surface area contributed by atoms with Gasteiger partial charge in [-0.05, 0) is 54.5 Å². The molecule has 1 N–H and O–H groups in total. The topological polar surface area (TPSA) is 64.6 Å². The molecule has 0 saturated heterocycles. The van der Waals surface area contributed by atoms with Crippen LogP contribution < -0.4 is 14.2 Å². The summed E-state index contributed by atoms with van der Waals surface area (Å²) >= 11 is 0. The van der Waals surface area contributed by atoms with Gasteiger partial charge >= 0.3 is 0 Å². The SMILES string of the molecule is O=S(=O)(NCCc1ccc2c(c1)CCC2)c1ccc2c(c1)OCO2. The standard InChI is InChI=1S/C18H19NO4S/c20-24(21,16-6-7-17-18(11-16)23-12-22-17)19-9-8-13-4-5-14-2-1-3-15(14)10-13/h4-7,10-11,19H,1-3,8-9,12H2. The highest BCUT2D eigenvalue weighted by Crippen LogP contribution is 2.33. The van der Waals surface area contributed by atoms with Gasteiger partial charge in [0.15, 0.2) is 11.5 Å². The first kappa shape index (κ1) is 15.5. The van der Waals surface area contributed by atoms with Gasteiger partial charge in [0.25, 0.3) is 0 Å². The predicted octanol–water partition coefficient (Wildman–Crippen LogP) is 2.43. The molecule has 5 nitrogen and oxygen atoms in total. The second kappa shape index (κ2) is 6.11. The Bertz CT molecular complexity index is 877. The van der Waals surface area contributed by atoms with E-state index in [0.717, 1.165) is 12.8 Å². The van der Waals surface area contributed by atoms with E-state index in [-0.39, 0.29) is 11.7 Å². The maximum atomic E-state index is 12.4. The van der Waals surface area contributed by atoms with Crippen LogP contribution in [0.25, 0.3) is 0 Å². The summed E-state index contributed by atoms with van der Waals surface area (Å²) in [4.78, 5) is 0.195. The van der Waals surface area contributed by atoms with Crippen LogP contribution in [0.15, 0.2) is 41.3 Å². The first-order chi connectivity index (χ1) is 11.6. The second-order valence-electron chi connectivity index (χ2n) is 6.12. The summed E-state index contributed by atoms with van der Waals surface area (Å²) in [5.41, 5.74) is 4.01. The molecule has 2 aromatic rings. The van der Waals surface area contributed by atoms with Crippen LogP contribution in [0, 0.1) is 0 Å². The molecule has 1 heterocycles. The van der Waals surface area contributed by atoms with Gasteiger partial charge in [0.05, 0.1) is 4.90 Å². The summed E-state index contributed by atoms with van der Waals surface area (Å²) in [5, 5.41) is 0. The fourth-order valence-corrected chi connectivity index (χ4v) is 4.28. The van der Waals surface area contributed by atoms with Crippen molar-refractivity contribution in [3.05, 3.63) is 53.1 Å². The maximum Gasteiger partial charge on any atom is 0.240 e. The van der Waals surface area contributed by atoms with E-state index in [2.05, 4.69) is 22.9 Å². The van der Waals surface area contributed by atoms with Crippen molar-refractivity contribution in [2.75, 3.05) is 13.3 Å². The highest BCUT2D eigenvalue weighted by atomic mass is 32.2. The Hall–Kier alpha value is -2.05. The third kappa shape index (κ3) is 2.99. The molecule has 0 aromatic heterocycles. The predicted molar refractivity (Wildman–Crippen MR) is 89.9 cm³/mol. The van der Waals surface area contributed by atoms with E-state index < -0.39 is 10.0 Å². The Morgan fingerprint density at radius 1 is 0.958 bits per heavy atom. The molecule has 0 spiro atoms. The van der Waals surface area contributed by atoms with Gasteiger partial charge in [0, 0.05) is 12.6 Å². The number of sulfonamides is 1. The van der Waals surface area contributed by atoms with Gasteiger partial charge in [-0.25, -0.2) is 13.1 Å². The highest BCUT2D eigenvalue weighted by molar-refractivity contribution is 7.89. The van der Waals surface area contributed by atoms with Crippen molar-refractivity contribution in [3.63, 3.8) is 0 Å². The second-order valence-corrected chi connectivity index (χ2v) is 7.89. The number of hydrogen-bond acceptors (Lipinski definition) is 4. The van der Waals surface area contributed by atoms with Gasteiger partial charge < -0.3 is 9.47 Å². The zero-order valence-electron chi connectivity index (χ0n) is 13.2. The van der Waals surface area contributed by atoms with Crippen LogP contribution in [0.4, 0.5) is 0 Å². The van der Waals surface area contributed by atoms with Crippen molar-refractivity contribution < 1.29 is 17.9 Å². The molecule has 1 aliphatic carbocycles. The van der Waals surface area contributed by atoms with Crippen molar-refractivity contribution in [1.82, 2.24) is 4.72 Å². The van der Waals surface area contributed by atoms with Crippen molar-refractivity contribution in [1.29, 1.82) is 0 Å². The molecular weight excluding hydrogens is 326 g/mol. The normalized spacial score (nSPS) is 15.5. The van der Waals surface area contributed by atoms with Gasteiger partial charge in [0.2, 0.25) is 16.8 Å². The first-order valence-corrected chi connectivity index (χ1v) is 9.60. The third-order valence-electron chi connectivity index (χ3n) is 4.52. The number of ether oxygens (including phenoxy) is 2. The minimum atomic E-state index is -3.55. The molecule has 0 atom stereocenters. The summed E-state index contributed by atoms with van der Waals surface area (Å²) in [6.45, 7) is 0.500. The van der Waals surface area contributed by atoms with Crippen LogP contribution >= 0.6 is 0 Å². The van der Waals surface area contributed by atoms with Crippen molar-refractivity contribution in [2.45, 2.75) is 30.6 Å². The average molecular weight is 345 g/mol. The number of rotatable bonds is 5. The molecule has 4 rings (SSSR count). The van der Waals surface area contributed by atoms with Crippen LogP contribution in [0.1, 0.15) is 23.1 Å². The third-order valence-corrected chi connectivity index (χ3v) is 5.98. The molecule has 0 unspecified atom stereocenters. The van der Waals surface area contributed by atoms with Gasteiger partial charge in [0.1, 0.15) is 0 Å². The Morgan fingerprint density at radius 3 is 2.71 bits per heavy atom. The lowest BCUT2D eigenvalue weighted by Gasteiger charge is -2.09. The molecule has 0 fully saturated rings. The fourth-order valence-electron chi connectivity index (χ4n) is 3.24. The van der Waals surface area contributed by atoms with Gasteiger partial charge in [-0.3, -0.25) is 0 Å². The number of hydrogen-bond donors (Lipinski definition) is 1. The van der Waals surface area contributed by atoms with Crippen molar-refractivity contribution in [3.8, 4) is 11.5 Å². The van der Waals surface area contributed by atoms with Crippen LogP contribution in [0.2, 0.25) is 0 Å². The van der Waals surface area contributed by atoms with Crippen LogP contribution in [-0.4, -0.2) is 21.8 Å². The van der Waals surface area contributed by atoms with E-state index >= 15 is 0 Å². The molecule has 2 aromatic carbocycles. The molecule has 0 radical (unpaired) electrons. The van der Waals surface area contributed by atoms with Gasteiger partial charge in [-0.2, -0.15) is 0 Å². The Kier molecular flexibility index (Phi) is 3.94. The summed E-state index contributed by atoms with van der Waals surface area (Å²) in [6.07, 6.45) is 4.19. The molecule has 126 valence electrons. The lowest BCUT2D eigenvalue weighted by atomic mass is 10.0. The molecule has 0 amide bonds. The summed E-state index contributed by atoms with van der Waals surface area (Å²) in [5.74, 6) is 1.04. The molecule has 2 aliphatic rings. The molecule has 6 heteroatoms. The number of aryl methyl sites for hydroxylation is 2. The summed E-state index contributed by atoms with van der Waals surface area (Å²) < 4.78 is 37.9. The quantitative estimate of drug-likeness (QED) is 0.904. The van der Waals surface area contributed by atoms with Crippen molar-refractivity contribution in [2.24, 2.45) is 0 Å². The van der Waals surface area contributed by atoms with E-state index in [9.17, 15) is 8.42 Å². The lowest BCUT2D eigenvalue weighted by molar-refractivity contribution is 0.174. The van der Waals surface area contributed by atoms with E-state index in [0.29, 0.717) is 24.5 Å². The number of benzene rings is 2. The first-order valence-electron chi connectivity index (χ1n) is 8.12. The average Bonchev–Trinajstić information content (AvgIpc) is 3.22. The van der Waals surface area contributed by atoms with Gasteiger partial charge in [-0.1, -0.05) is 18.2 Å². The summed E-state index contributed by atoms with van der Waals surface area (Å²) in [6, 6.07) is 11.1. The van der Waals surface area contributed by atoms with Gasteiger partial charge in [-0.15, -0.1) is 0 Å². The Labute approximate surface area is 141 Å². The molecular formula is C18H19NO4S. The highest BCUT2D eigenvalue weighted by Gasteiger charge is 2.20. The van der Waals surface area contributed by atoms with Crippen LogP contribution in [0.3, 0.4) is 0 Å². The fraction of sp³-hybridized carbons (Fsp3) is 0.333.